The first kappa shape index (κ1) is 13.1. The number of carbonyl (C=O) groups is 1. The number of nitrogens with zero attached hydrogens (tertiary/aromatic N) is 2. The van der Waals surface area contributed by atoms with Crippen LogP contribution in [0.25, 0.3) is 5.69 Å². The summed E-state index contributed by atoms with van der Waals surface area (Å²) in [5, 5.41) is 8.82. The van der Waals surface area contributed by atoms with Crippen molar-refractivity contribution in [2.45, 2.75) is 13.1 Å². The van der Waals surface area contributed by atoms with E-state index in [1.54, 1.807) is 13.0 Å². The minimum Gasteiger partial charge on any atom is -0.478 e. The second-order valence-electron chi connectivity index (χ2n) is 3.95. The van der Waals surface area contributed by atoms with Crippen LogP contribution in [0.15, 0.2) is 30.7 Å². The Bertz CT molecular complexity index is 632. The van der Waals surface area contributed by atoms with Gasteiger partial charge in [0.25, 0.3) is 0 Å². The summed E-state index contributed by atoms with van der Waals surface area (Å²) in [5.74, 6) is -1.61. The van der Waals surface area contributed by atoms with Crippen LogP contribution in [0.5, 0.6) is 0 Å². The summed E-state index contributed by atoms with van der Waals surface area (Å²) < 4.78 is 39.3. The van der Waals surface area contributed by atoms with Crippen molar-refractivity contribution < 1.29 is 23.1 Å². The van der Waals surface area contributed by atoms with Crippen molar-refractivity contribution >= 4 is 5.97 Å². The minimum atomic E-state index is -4.71. The molecule has 2 heterocycles. The van der Waals surface area contributed by atoms with E-state index in [9.17, 15) is 18.0 Å². The summed E-state index contributed by atoms with van der Waals surface area (Å²) in [6, 6.07) is 3.06. The molecule has 0 atom stereocenters. The van der Waals surface area contributed by atoms with E-state index in [1.807, 2.05) is 0 Å². The van der Waals surface area contributed by atoms with Crippen LogP contribution in [-0.2, 0) is 6.18 Å². The lowest BCUT2D eigenvalue weighted by molar-refractivity contribution is -0.138. The number of hydrogen-bond acceptors (Lipinski definition) is 2. The van der Waals surface area contributed by atoms with Crippen molar-refractivity contribution in [1.29, 1.82) is 0 Å². The number of pyridine rings is 1. The Morgan fingerprint density at radius 3 is 2.53 bits per heavy atom. The predicted octanol–water partition coefficient (Wildman–Crippen LogP) is 2.90. The van der Waals surface area contributed by atoms with Crippen LogP contribution in [-0.4, -0.2) is 20.6 Å². The van der Waals surface area contributed by atoms with E-state index < -0.39 is 23.3 Å². The van der Waals surface area contributed by atoms with Gasteiger partial charge in [0.1, 0.15) is 0 Å². The van der Waals surface area contributed by atoms with Gasteiger partial charge >= 0.3 is 12.1 Å². The fraction of sp³-hybridized carbons (Fsp3) is 0.167. The first-order valence-electron chi connectivity index (χ1n) is 5.24. The molecule has 19 heavy (non-hydrogen) atoms. The van der Waals surface area contributed by atoms with Crippen LogP contribution < -0.4 is 0 Å². The van der Waals surface area contributed by atoms with Crippen LogP contribution in [0.1, 0.15) is 21.6 Å². The van der Waals surface area contributed by atoms with Gasteiger partial charge in [0.05, 0.1) is 11.1 Å². The average Bonchev–Trinajstić information content (AvgIpc) is 2.73. The zero-order valence-corrected chi connectivity index (χ0v) is 9.77. The molecule has 0 aliphatic heterocycles. The molecular weight excluding hydrogens is 261 g/mol. The van der Waals surface area contributed by atoms with Gasteiger partial charge in [-0.05, 0) is 19.1 Å². The highest BCUT2D eigenvalue weighted by atomic mass is 19.4. The Balaban J connectivity index is 2.58. The quantitative estimate of drug-likeness (QED) is 0.912. The molecule has 0 saturated heterocycles. The average molecular weight is 270 g/mol. The number of aromatic carboxylic acids is 1. The number of alkyl halides is 3. The van der Waals surface area contributed by atoms with Gasteiger partial charge in [-0.2, -0.15) is 13.2 Å². The Kier molecular flexibility index (Phi) is 3.05. The lowest BCUT2D eigenvalue weighted by Gasteiger charge is -2.05. The SMILES string of the molecule is Cc1cc(-n2cc(C(=O)O)c(C(F)(F)F)c2)ccn1. The molecule has 2 rings (SSSR count). The maximum Gasteiger partial charge on any atom is 0.418 e. The molecule has 0 aromatic carbocycles. The lowest BCUT2D eigenvalue weighted by atomic mass is 10.2. The van der Waals surface area contributed by atoms with E-state index >= 15 is 0 Å². The Labute approximate surface area is 106 Å². The second-order valence-corrected chi connectivity index (χ2v) is 3.95. The van der Waals surface area contributed by atoms with Crippen molar-refractivity contribution in [3.63, 3.8) is 0 Å². The summed E-state index contributed by atoms with van der Waals surface area (Å²) in [6.45, 7) is 1.69. The van der Waals surface area contributed by atoms with E-state index in [1.165, 1.54) is 12.3 Å². The van der Waals surface area contributed by atoms with E-state index in [-0.39, 0.29) is 0 Å². The third-order valence-electron chi connectivity index (χ3n) is 2.54. The molecule has 2 aromatic rings. The molecule has 0 aliphatic rings. The zero-order valence-electron chi connectivity index (χ0n) is 9.77. The van der Waals surface area contributed by atoms with Gasteiger partial charge in [0.2, 0.25) is 0 Å². The van der Waals surface area contributed by atoms with Gasteiger partial charge in [-0.15, -0.1) is 0 Å². The van der Waals surface area contributed by atoms with Crippen LogP contribution in [0.2, 0.25) is 0 Å². The van der Waals surface area contributed by atoms with Crippen molar-refractivity contribution in [1.82, 2.24) is 9.55 Å². The van der Waals surface area contributed by atoms with E-state index in [0.29, 0.717) is 11.4 Å². The maximum atomic E-state index is 12.7. The fourth-order valence-corrected chi connectivity index (χ4v) is 1.69. The smallest absolute Gasteiger partial charge is 0.418 e. The number of aryl methyl sites for hydroxylation is 1. The number of hydrogen-bond donors (Lipinski definition) is 1. The Morgan fingerprint density at radius 2 is 2.05 bits per heavy atom. The fourth-order valence-electron chi connectivity index (χ4n) is 1.69. The summed E-state index contributed by atoms with van der Waals surface area (Å²) in [5.41, 5.74) is -0.904. The molecule has 0 aliphatic carbocycles. The summed E-state index contributed by atoms with van der Waals surface area (Å²) >= 11 is 0. The molecule has 0 radical (unpaired) electrons. The Morgan fingerprint density at radius 1 is 1.37 bits per heavy atom. The normalized spacial score (nSPS) is 11.6. The van der Waals surface area contributed by atoms with E-state index in [0.717, 1.165) is 17.0 Å². The molecule has 0 spiro atoms. The van der Waals surface area contributed by atoms with Crippen LogP contribution in [0.3, 0.4) is 0 Å². The number of carboxylic acids is 1. The number of rotatable bonds is 2. The topological polar surface area (TPSA) is 55.1 Å². The lowest BCUT2D eigenvalue weighted by Crippen LogP contribution is -2.09. The van der Waals surface area contributed by atoms with Gasteiger partial charge in [-0.1, -0.05) is 0 Å². The molecule has 100 valence electrons. The van der Waals surface area contributed by atoms with Crippen LogP contribution in [0.4, 0.5) is 13.2 Å². The van der Waals surface area contributed by atoms with Crippen molar-refractivity contribution in [2.24, 2.45) is 0 Å². The Hall–Kier alpha value is -2.31. The van der Waals surface area contributed by atoms with Crippen molar-refractivity contribution in [3.8, 4) is 5.69 Å². The predicted molar refractivity (Wildman–Crippen MR) is 60.3 cm³/mol. The standard InChI is InChI=1S/C12H9F3N2O2/c1-7-4-8(2-3-16-7)17-5-9(11(18)19)10(6-17)12(13,14)15/h2-6H,1H3,(H,18,19). The van der Waals surface area contributed by atoms with Crippen LogP contribution >= 0.6 is 0 Å². The van der Waals surface area contributed by atoms with Gasteiger partial charge < -0.3 is 9.67 Å². The zero-order chi connectivity index (χ0) is 14.2. The van der Waals surface area contributed by atoms with Gasteiger partial charge in [0, 0.05) is 30.0 Å². The van der Waals surface area contributed by atoms with Crippen LogP contribution in [0, 0.1) is 6.92 Å². The van der Waals surface area contributed by atoms with Gasteiger partial charge in [-0.25, -0.2) is 4.79 Å². The molecule has 4 nitrogen and oxygen atoms in total. The summed E-state index contributed by atoms with van der Waals surface area (Å²) in [4.78, 5) is 14.8. The van der Waals surface area contributed by atoms with Gasteiger partial charge in [0.15, 0.2) is 0 Å². The third kappa shape index (κ3) is 2.59. The van der Waals surface area contributed by atoms with Gasteiger partial charge in [-0.3, -0.25) is 4.98 Å². The highest BCUT2D eigenvalue weighted by Gasteiger charge is 2.37. The number of halogens is 3. The van der Waals surface area contributed by atoms with Crippen molar-refractivity contribution in [3.05, 3.63) is 47.5 Å². The molecule has 7 heteroatoms. The maximum absolute atomic E-state index is 12.7. The molecule has 2 aromatic heterocycles. The molecule has 0 saturated carbocycles. The van der Waals surface area contributed by atoms with E-state index in [4.69, 9.17) is 5.11 Å². The molecule has 0 unspecified atom stereocenters. The molecule has 0 amide bonds. The second kappa shape index (κ2) is 4.42. The van der Waals surface area contributed by atoms with E-state index in [2.05, 4.69) is 4.98 Å². The molecule has 0 fully saturated rings. The number of aromatic nitrogens is 2. The monoisotopic (exact) mass is 270 g/mol. The first-order valence-corrected chi connectivity index (χ1v) is 5.24. The summed E-state index contributed by atoms with van der Waals surface area (Å²) in [6.07, 6.45) is -1.56. The van der Waals surface area contributed by atoms with Crippen molar-refractivity contribution in [2.75, 3.05) is 0 Å². The molecular formula is C12H9F3N2O2. The summed E-state index contributed by atoms with van der Waals surface area (Å²) in [7, 11) is 0. The number of carboxylic acid groups (broad SMARTS) is 1. The highest BCUT2D eigenvalue weighted by Crippen LogP contribution is 2.33. The highest BCUT2D eigenvalue weighted by molar-refractivity contribution is 5.89. The molecule has 1 N–H and O–H groups in total. The largest absolute Gasteiger partial charge is 0.478 e. The molecule has 0 bridgehead atoms. The first-order chi connectivity index (χ1) is 8.79. The minimum absolute atomic E-state index is 0.422. The third-order valence-corrected chi connectivity index (χ3v) is 2.54.